The summed E-state index contributed by atoms with van der Waals surface area (Å²) in [6.45, 7) is 15.2. The number of hydrogen-bond acceptors (Lipinski definition) is 10. The summed E-state index contributed by atoms with van der Waals surface area (Å²) in [5, 5.41) is 13.9. The van der Waals surface area contributed by atoms with E-state index in [-0.39, 0.29) is 35.3 Å². The Labute approximate surface area is 336 Å². The average molecular weight is 778 g/mol. The normalized spacial score (nSPS) is 23.6. The van der Waals surface area contributed by atoms with Gasteiger partial charge in [0.1, 0.15) is 0 Å². The zero-order valence-corrected chi connectivity index (χ0v) is 34.4. The monoisotopic (exact) mass is 777 g/mol. The van der Waals surface area contributed by atoms with E-state index in [4.69, 9.17) is 14.0 Å². The first-order chi connectivity index (χ1) is 26.8. The van der Waals surface area contributed by atoms with Crippen LogP contribution >= 0.6 is 11.8 Å². The van der Waals surface area contributed by atoms with Crippen molar-refractivity contribution in [2.24, 2.45) is 17.3 Å². The van der Waals surface area contributed by atoms with Crippen LogP contribution in [0.25, 0.3) is 0 Å². The highest BCUT2D eigenvalue weighted by Crippen LogP contribution is 2.66. The van der Waals surface area contributed by atoms with E-state index in [1.807, 2.05) is 87.5 Å². The number of amides is 1. The third-order valence-electron chi connectivity index (χ3n) is 11.8. The largest absolute Gasteiger partial charge is 0.471 e. The second-order valence-corrected chi connectivity index (χ2v) is 18.7. The first-order valence-corrected chi connectivity index (χ1v) is 21.0. The number of aliphatic hydroxyl groups excluding tert-OH is 1. The maximum atomic E-state index is 13.3. The molecular formula is C44H56BN5O5S. The predicted octanol–water partition coefficient (Wildman–Crippen LogP) is 7.22. The van der Waals surface area contributed by atoms with Crippen molar-refractivity contribution in [1.29, 1.82) is 0 Å². The summed E-state index contributed by atoms with van der Waals surface area (Å²) in [6, 6.07) is 23.6. The molecule has 6 atom stereocenters. The molecule has 3 aliphatic carbocycles. The summed E-state index contributed by atoms with van der Waals surface area (Å²) in [4.78, 5) is 29.2. The van der Waals surface area contributed by atoms with Gasteiger partial charge in [0.05, 0.1) is 40.0 Å². The van der Waals surface area contributed by atoms with Crippen molar-refractivity contribution in [3.05, 3.63) is 125 Å². The lowest BCUT2D eigenvalue weighted by molar-refractivity contribution is -0.199. The van der Waals surface area contributed by atoms with Crippen LogP contribution < -0.4 is 5.32 Å². The number of ether oxygens (including phenoxy) is 1. The number of benzene rings is 1. The second kappa shape index (κ2) is 17.1. The Kier molecular flexibility index (Phi) is 12.4. The fourth-order valence-electron chi connectivity index (χ4n) is 8.77. The Morgan fingerprint density at radius 1 is 0.964 bits per heavy atom. The quantitative estimate of drug-likeness (QED) is 0.0686. The van der Waals surface area contributed by atoms with E-state index >= 15 is 0 Å². The molecule has 12 heteroatoms. The number of carbonyl (C=O) groups is 1. The smallest absolute Gasteiger partial charge is 0.405 e. The number of pyridine rings is 3. The van der Waals surface area contributed by atoms with Gasteiger partial charge in [-0.3, -0.25) is 24.6 Å². The van der Waals surface area contributed by atoms with Crippen LogP contribution in [0.1, 0.15) is 99.2 Å². The maximum absolute atomic E-state index is 13.3. The molecule has 8 rings (SSSR count). The molecule has 1 aromatic carbocycles. The highest BCUT2D eigenvalue weighted by atomic mass is 32.2. The molecule has 0 radical (unpaired) electrons. The summed E-state index contributed by atoms with van der Waals surface area (Å²) < 4.78 is 19.6. The van der Waals surface area contributed by atoms with E-state index in [1.165, 1.54) is 6.42 Å². The van der Waals surface area contributed by atoms with Crippen LogP contribution in [0.15, 0.2) is 91.4 Å². The molecule has 3 aromatic heterocycles. The fourth-order valence-corrected chi connectivity index (χ4v) is 9.88. The summed E-state index contributed by atoms with van der Waals surface area (Å²) in [6.07, 6.45) is 7.22. The Morgan fingerprint density at radius 3 is 2.27 bits per heavy atom. The number of nitrogens with one attached hydrogen (secondary N) is 1. The minimum Gasteiger partial charge on any atom is -0.405 e. The third kappa shape index (κ3) is 9.55. The first-order valence-electron chi connectivity index (χ1n) is 19.9. The predicted molar refractivity (Wildman–Crippen MR) is 220 cm³/mol. The summed E-state index contributed by atoms with van der Waals surface area (Å²) >= 11 is 1.75. The van der Waals surface area contributed by atoms with Gasteiger partial charge < -0.3 is 24.5 Å². The number of aromatic nitrogens is 3. The van der Waals surface area contributed by atoms with Crippen LogP contribution in [0.3, 0.4) is 0 Å². The number of carbonyl (C=O) groups excluding carboxylic acids is 1. The number of hydrogen-bond donors (Lipinski definition) is 2. The van der Waals surface area contributed by atoms with Crippen molar-refractivity contribution >= 4 is 24.8 Å². The SMILES string of the molecule is CC(C)(C)OC(O)c1cccc(CC(SCCNC(=O)c2ccc(CN(Cc3ccccn3)Cc3ccccn3)nc2)B2OC3CC4CC(C4(C)C)C3(C)O2)c1. The van der Waals surface area contributed by atoms with Crippen molar-refractivity contribution in [3.8, 4) is 0 Å². The van der Waals surface area contributed by atoms with Gasteiger partial charge in [-0.05, 0) is 106 Å². The molecule has 4 fully saturated rings. The molecule has 4 aromatic rings. The molecule has 4 aliphatic rings. The molecule has 0 spiro atoms. The highest BCUT2D eigenvalue weighted by Gasteiger charge is 2.68. The molecule has 3 saturated carbocycles. The average Bonchev–Trinajstić information content (AvgIpc) is 3.54. The third-order valence-corrected chi connectivity index (χ3v) is 13.1. The lowest BCUT2D eigenvalue weighted by Crippen LogP contribution is -2.65. The molecule has 6 unspecified atom stereocenters. The van der Waals surface area contributed by atoms with Gasteiger partial charge in [-0.1, -0.05) is 50.2 Å². The molecule has 296 valence electrons. The molecule has 2 bridgehead atoms. The van der Waals surface area contributed by atoms with Gasteiger partial charge in [-0.25, -0.2) is 0 Å². The van der Waals surface area contributed by atoms with E-state index < -0.39 is 11.9 Å². The van der Waals surface area contributed by atoms with E-state index in [2.05, 4.69) is 52.0 Å². The second-order valence-electron chi connectivity index (χ2n) is 17.4. The Balaban J connectivity index is 0.974. The van der Waals surface area contributed by atoms with Crippen molar-refractivity contribution < 1.29 is 23.9 Å². The molecular weight excluding hydrogens is 721 g/mol. The Bertz CT molecular complexity index is 1880. The van der Waals surface area contributed by atoms with Gasteiger partial charge in [-0.15, -0.1) is 0 Å². The van der Waals surface area contributed by atoms with Gasteiger partial charge in [0.2, 0.25) is 0 Å². The topological polar surface area (TPSA) is 119 Å². The minimum atomic E-state index is -1.02. The van der Waals surface area contributed by atoms with Crippen LogP contribution in [-0.4, -0.2) is 72.7 Å². The van der Waals surface area contributed by atoms with E-state index in [0.717, 1.165) is 34.6 Å². The molecule has 2 N–H and O–H groups in total. The zero-order valence-electron chi connectivity index (χ0n) is 33.6. The number of thioether (sulfide) groups is 1. The summed E-state index contributed by atoms with van der Waals surface area (Å²) in [5.74, 6) is 1.65. The van der Waals surface area contributed by atoms with Crippen LogP contribution in [0.5, 0.6) is 0 Å². The van der Waals surface area contributed by atoms with Crippen molar-refractivity contribution in [2.75, 3.05) is 12.3 Å². The zero-order chi connectivity index (χ0) is 39.5. The van der Waals surface area contributed by atoms with Crippen molar-refractivity contribution in [1.82, 2.24) is 25.2 Å². The van der Waals surface area contributed by atoms with Gasteiger partial charge >= 0.3 is 7.12 Å². The number of nitrogens with zero attached hydrogens (tertiary/aromatic N) is 4. The first kappa shape index (κ1) is 40.5. The molecule has 1 saturated heterocycles. The Morgan fingerprint density at radius 2 is 1.66 bits per heavy atom. The van der Waals surface area contributed by atoms with Gasteiger partial charge in [0.25, 0.3) is 5.91 Å². The number of rotatable bonds is 16. The van der Waals surface area contributed by atoms with Gasteiger partial charge in [-0.2, -0.15) is 11.8 Å². The van der Waals surface area contributed by atoms with Crippen LogP contribution in [0.2, 0.25) is 0 Å². The van der Waals surface area contributed by atoms with E-state index in [0.29, 0.717) is 55.8 Å². The molecule has 10 nitrogen and oxygen atoms in total. The van der Waals surface area contributed by atoms with E-state index in [1.54, 1.807) is 30.4 Å². The Hall–Kier alpha value is -3.65. The standard InChI is InChI=1S/C44H56BN5O5S/c1-42(2,3)53-41(52)31-13-11-12-30(22-31)23-39(45-54-38-25-33-24-37(43(33,4)5)44(38,6)55-45)56-21-20-48-40(51)32-16-17-36(49-26-32)29-50(27-34-14-7-9-18-46-34)28-35-15-8-10-19-47-35/h7-19,22,26,33,37-39,41,52H,20-21,23-25,27-29H2,1-6H3,(H,48,51). The van der Waals surface area contributed by atoms with Crippen LogP contribution in [0, 0.1) is 17.3 Å². The summed E-state index contributed by atoms with van der Waals surface area (Å²) in [7, 11) is -0.382. The lowest BCUT2D eigenvalue weighted by Gasteiger charge is -2.64. The maximum Gasteiger partial charge on any atom is 0.471 e. The number of aliphatic hydroxyl groups is 1. The minimum absolute atomic E-state index is 0.0216. The van der Waals surface area contributed by atoms with Crippen molar-refractivity contribution in [3.63, 3.8) is 0 Å². The van der Waals surface area contributed by atoms with Gasteiger partial charge in [0.15, 0.2) is 6.29 Å². The van der Waals surface area contributed by atoms with E-state index in [9.17, 15) is 9.90 Å². The van der Waals surface area contributed by atoms with Gasteiger partial charge in [0, 0.05) is 61.2 Å². The summed E-state index contributed by atoms with van der Waals surface area (Å²) in [5.41, 5.74) is 4.56. The van der Waals surface area contributed by atoms with Crippen LogP contribution in [-0.2, 0) is 40.1 Å². The molecule has 56 heavy (non-hydrogen) atoms. The molecule has 1 aliphatic heterocycles. The molecule has 1 amide bonds. The fraction of sp³-hybridized carbons (Fsp3) is 0.500. The lowest BCUT2D eigenvalue weighted by atomic mass is 9.43. The van der Waals surface area contributed by atoms with Crippen molar-refractivity contribution in [2.45, 2.75) is 109 Å². The highest BCUT2D eigenvalue weighted by molar-refractivity contribution is 8.01. The van der Waals surface area contributed by atoms with Crippen LogP contribution in [0.4, 0.5) is 0 Å². The molecule has 4 heterocycles.